The molecule has 0 aliphatic rings. The van der Waals surface area contributed by atoms with Gasteiger partial charge in [0, 0.05) is 23.9 Å². The highest BCUT2D eigenvalue weighted by Crippen LogP contribution is 2.20. The Kier molecular flexibility index (Phi) is 7.76. The SMILES string of the molecule is CCOc1cccc(NC(=O)/C(C#N)=C/c2ccc(OCc3ccc([N+](=O)[O-])cc3)cc2)c1. The number of anilines is 1. The Labute approximate surface area is 190 Å². The van der Waals surface area contributed by atoms with E-state index in [4.69, 9.17) is 9.47 Å². The van der Waals surface area contributed by atoms with Crippen LogP contribution in [-0.2, 0) is 11.4 Å². The maximum Gasteiger partial charge on any atom is 0.269 e. The highest BCUT2D eigenvalue weighted by molar-refractivity contribution is 6.09. The highest BCUT2D eigenvalue weighted by Gasteiger charge is 2.10. The highest BCUT2D eigenvalue weighted by atomic mass is 16.6. The summed E-state index contributed by atoms with van der Waals surface area (Å²) in [6, 6.07) is 21.9. The third-order valence-electron chi connectivity index (χ3n) is 4.51. The van der Waals surface area contributed by atoms with E-state index >= 15 is 0 Å². The Bertz CT molecular complexity index is 1200. The standard InChI is InChI=1S/C25H21N3O5/c1-2-32-24-5-3-4-21(15-24)27-25(29)20(16-26)14-18-8-12-23(13-9-18)33-17-19-6-10-22(11-7-19)28(30)31/h3-15H,2,17H2,1H3,(H,27,29)/b20-14+. The summed E-state index contributed by atoms with van der Waals surface area (Å²) in [5.41, 5.74) is 1.96. The average molecular weight is 443 g/mol. The summed E-state index contributed by atoms with van der Waals surface area (Å²) >= 11 is 0. The molecule has 0 unspecified atom stereocenters. The van der Waals surface area contributed by atoms with Crippen LogP contribution in [0, 0.1) is 21.4 Å². The van der Waals surface area contributed by atoms with E-state index in [0.717, 1.165) is 5.56 Å². The van der Waals surface area contributed by atoms with Gasteiger partial charge in [-0.3, -0.25) is 14.9 Å². The number of hydrogen-bond donors (Lipinski definition) is 1. The number of rotatable bonds is 9. The molecule has 0 fully saturated rings. The molecule has 166 valence electrons. The van der Waals surface area contributed by atoms with Crippen LogP contribution in [0.3, 0.4) is 0 Å². The molecule has 33 heavy (non-hydrogen) atoms. The summed E-state index contributed by atoms with van der Waals surface area (Å²) < 4.78 is 11.1. The number of hydrogen-bond acceptors (Lipinski definition) is 6. The quantitative estimate of drug-likeness (QED) is 0.212. The molecule has 0 aliphatic heterocycles. The van der Waals surface area contributed by atoms with Gasteiger partial charge in [0.25, 0.3) is 11.6 Å². The zero-order valence-corrected chi connectivity index (χ0v) is 17.9. The molecule has 0 aromatic heterocycles. The number of nitro groups is 1. The Morgan fingerprint density at radius 2 is 1.79 bits per heavy atom. The van der Waals surface area contributed by atoms with Gasteiger partial charge in [0.1, 0.15) is 29.7 Å². The Morgan fingerprint density at radius 3 is 2.42 bits per heavy atom. The number of nitrogens with zero attached hydrogens (tertiary/aromatic N) is 2. The molecule has 8 nitrogen and oxygen atoms in total. The normalized spacial score (nSPS) is 10.7. The van der Waals surface area contributed by atoms with Crippen molar-refractivity contribution in [3.63, 3.8) is 0 Å². The fraction of sp³-hybridized carbons (Fsp3) is 0.120. The first-order valence-corrected chi connectivity index (χ1v) is 10.1. The summed E-state index contributed by atoms with van der Waals surface area (Å²) in [6.45, 7) is 2.63. The lowest BCUT2D eigenvalue weighted by Crippen LogP contribution is -2.13. The molecule has 1 amide bonds. The zero-order valence-electron chi connectivity index (χ0n) is 17.9. The fourth-order valence-corrected chi connectivity index (χ4v) is 2.88. The summed E-state index contributed by atoms with van der Waals surface area (Å²) in [5, 5.41) is 22.8. The smallest absolute Gasteiger partial charge is 0.269 e. The Balaban J connectivity index is 1.62. The lowest BCUT2D eigenvalue weighted by atomic mass is 10.1. The molecule has 3 rings (SSSR count). The number of non-ortho nitro benzene ring substituents is 1. The van der Waals surface area contributed by atoms with Crippen molar-refractivity contribution in [2.75, 3.05) is 11.9 Å². The molecule has 3 aromatic rings. The minimum Gasteiger partial charge on any atom is -0.494 e. The lowest BCUT2D eigenvalue weighted by Gasteiger charge is -2.08. The van der Waals surface area contributed by atoms with Crippen LogP contribution in [0.5, 0.6) is 11.5 Å². The Hall–Kier alpha value is -4.64. The third-order valence-corrected chi connectivity index (χ3v) is 4.51. The van der Waals surface area contributed by atoms with Gasteiger partial charge >= 0.3 is 0 Å². The van der Waals surface area contributed by atoms with Gasteiger partial charge in [-0.25, -0.2) is 0 Å². The minimum absolute atomic E-state index is 0.0224. The first-order chi connectivity index (χ1) is 16.0. The Morgan fingerprint density at radius 1 is 1.06 bits per heavy atom. The number of nitriles is 1. The van der Waals surface area contributed by atoms with Crippen molar-refractivity contribution in [1.29, 1.82) is 5.26 Å². The largest absolute Gasteiger partial charge is 0.494 e. The van der Waals surface area contributed by atoms with Gasteiger partial charge in [-0.2, -0.15) is 5.26 Å². The van der Waals surface area contributed by atoms with Crippen LogP contribution in [0.2, 0.25) is 0 Å². The van der Waals surface area contributed by atoms with E-state index in [1.54, 1.807) is 60.7 Å². The topological polar surface area (TPSA) is 114 Å². The van der Waals surface area contributed by atoms with Gasteiger partial charge < -0.3 is 14.8 Å². The number of nitro benzene ring substituents is 1. The number of carbonyl (C=O) groups excluding carboxylic acids is 1. The summed E-state index contributed by atoms with van der Waals surface area (Å²) in [7, 11) is 0. The van der Waals surface area contributed by atoms with E-state index in [1.165, 1.54) is 18.2 Å². The number of nitrogens with one attached hydrogen (secondary N) is 1. The number of amides is 1. The maximum atomic E-state index is 12.5. The fourth-order valence-electron chi connectivity index (χ4n) is 2.88. The van der Waals surface area contributed by atoms with Gasteiger partial charge in [0.15, 0.2) is 0 Å². The first kappa shape index (κ1) is 23.0. The second-order valence-electron chi connectivity index (χ2n) is 6.87. The molecule has 0 atom stereocenters. The summed E-state index contributed by atoms with van der Waals surface area (Å²) in [4.78, 5) is 22.8. The number of carbonyl (C=O) groups is 1. The molecule has 0 aliphatic carbocycles. The molecule has 3 aromatic carbocycles. The first-order valence-electron chi connectivity index (χ1n) is 10.1. The van der Waals surface area contributed by atoms with E-state index in [1.807, 2.05) is 13.0 Å². The molecule has 0 bridgehead atoms. The van der Waals surface area contributed by atoms with Crippen LogP contribution in [0.4, 0.5) is 11.4 Å². The van der Waals surface area contributed by atoms with Crippen molar-refractivity contribution in [2.24, 2.45) is 0 Å². The van der Waals surface area contributed by atoms with E-state index in [0.29, 0.717) is 29.4 Å². The van der Waals surface area contributed by atoms with E-state index in [-0.39, 0.29) is 17.9 Å². The van der Waals surface area contributed by atoms with Crippen LogP contribution < -0.4 is 14.8 Å². The van der Waals surface area contributed by atoms with Crippen molar-refractivity contribution in [2.45, 2.75) is 13.5 Å². The third kappa shape index (κ3) is 6.67. The summed E-state index contributed by atoms with van der Waals surface area (Å²) in [6.07, 6.45) is 1.49. The predicted octanol–water partition coefficient (Wildman–Crippen LogP) is 5.12. The molecule has 1 N–H and O–H groups in total. The molecule has 0 spiro atoms. The molecule has 0 saturated carbocycles. The predicted molar refractivity (Wildman–Crippen MR) is 124 cm³/mol. The van der Waals surface area contributed by atoms with E-state index in [2.05, 4.69) is 5.32 Å². The van der Waals surface area contributed by atoms with Crippen LogP contribution in [0.1, 0.15) is 18.1 Å². The molecular weight excluding hydrogens is 422 g/mol. The van der Waals surface area contributed by atoms with Crippen molar-refractivity contribution >= 4 is 23.4 Å². The molecule has 0 radical (unpaired) electrons. The van der Waals surface area contributed by atoms with E-state index < -0.39 is 10.8 Å². The number of ether oxygens (including phenoxy) is 2. The molecule has 0 saturated heterocycles. The lowest BCUT2D eigenvalue weighted by molar-refractivity contribution is -0.384. The summed E-state index contributed by atoms with van der Waals surface area (Å²) in [5.74, 6) is 0.688. The maximum absolute atomic E-state index is 12.5. The van der Waals surface area contributed by atoms with Gasteiger partial charge in [-0.05, 0) is 60.5 Å². The van der Waals surface area contributed by atoms with Crippen molar-refractivity contribution < 1.29 is 19.2 Å². The van der Waals surface area contributed by atoms with Gasteiger partial charge in [0.05, 0.1) is 11.5 Å². The van der Waals surface area contributed by atoms with Gasteiger partial charge in [0.2, 0.25) is 0 Å². The zero-order chi connectivity index (χ0) is 23.6. The molecule has 0 heterocycles. The second-order valence-corrected chi connectivity index (χ2v) is 6.87. The van der Waals surface area contributed by atoms with Crippen molar-refractivity contribution in [3.05, 3.63) is 99.6 Å². The molecule has 8 heteroatoms. The van der Waals surface area contributed by atoms with Crippen LogP contribution >= 0.6 is 0 Å². The minimum atomic E-state index is -0.523. The van der Waals surface area contributed by atoms with Crippen molar-refractivity contribution in [3.8, 4) is 17.6 Å². The van der Waals surface area contributed by atoms with Crippen LogP contribution in [-0.4, -0.2) is 17.4 Å². The monoisotopic (exact) mass is 443 g/mol. The van der Waals surface area contributed by atoms with Crippen molar-refractivity contribution in [1.82, 2.24) is 0 Å². The van der Waals surface area contributed by atoms with Gasteiger partial charge in [-0.1, -0.05) is 18.2 Å². The number of benzene rings is 3. The van der Waals surface area contributed by atoms with Crippen LogP contribution in [0.15, 0.2) is 78.4 Å². The molecular formula is C25H21N3O5. The van der Waals surface area contributed by atoms with E-state index in [9.17, 15) is 20.2 Å². The average Bonchev–Trinajstić information content (AvgIpc) is 2.82. The second kappa shape index (κ2) is 11.1. The van der Waals surface area contributed by atoms with Crippen LogP contribution in [0.25, 0.3) is 6.08 Å². The van der Waals surface area contributed by atoms with Gasteiger partial charge in [-0.15, -0.1) is 0 Å².